The lowest BCUT2D eigenvalue weighted by atomic mass is 10.1. The number of likely N-dealkylation sites (tertiary alicyclic amines) is 1. The molecule has 3 rings (SSSR count). The van der Waals surface area contributed by atoms with Crippen LogP contribution in [0.3, 0.4) is 0 Å². The van der Waals surface area contributed by atoms with Crippen LogP contribution in [0.25, 0.3) is 0 Å². The first-order valence-electron chi connectivity index (χ1n) is 7.62. The van der Waals surface area contributed by atoms with Crippen molar-refractivity contribution >= 4 is 23.3 Å². The molecule has 3 heterocycles. The van der Waals surface area contributed by atoms with Gasteiger partial charge in [-0.05, 0) is 33.2 Å². The molecule has 0 saturated carbocycles. The van der Waals surface area contributed by atoms with Crippen LogP contribution in [0.15, 0.2) is 10.6 Å². The molecule has 124 valence electrons. The normalized spacial score (nSPS) is 18.5. The zero-order valence-electron chi connectivity index (χ0n) is 13.5. The average Bonchev–Trinajstić information content (AvgIpc) is 3.14. The van der Waals surface area contributed by atoms with Crippen LogP contribution < -0.4 is 5.32 Å². The number of aromatic nitrogens is 3. The molecule has 0 unspecified atom stereocenters. The largest absolute Gasteiger partial charge is 0.360 e. The number of carbonyl (C=O) groups excluding carboxylic acids is 1. The van der Waals surface area contributed by atoms with Gasteiger partial charge in [-0.3, -0.25) is 14.4 Å². The van der Waals surface area contributed by atoms with Crippen molar-refractivity contribution in [3.8, 4) is 0 Å². The lowest BCUT2D eigenvalue weighted by molar-refractivity contribution is -0.117. The summed E-state index contributed by atoms with van der Waals surface area (Å²) < 4.78 is 6.63. The van der Waals surface area contributed by atoms with E-state index in [0.29, 0.717) is 23.3 Å². The first-order chi connectivity index (χ1) is 11.0. The minimum atomic E-state index is -0.108. The van der Waals surface area contributed by atoms with Gasteiger partial charge < -0.3 is 9.84 Å². The fourth-order valence-electron chi connectivity index (χ4n) is 3.16. The predicted octanol–water partition coefficient (Wildman–Crippen LogP) is 2.45. The molecule has 0 spiro atoms. The summed E-state index contributed by atoms with van der Waals surface area (Å²) in [6, 6.07) is 1.82. The Balaban J connectivity index is 1.70. The van der Waals surface area contributed by atoms with Crippen molar-refractivity contribution < 1.29 is 9.32 Å². The van der Waals surface area contributed by atoms with Gasteiger partial charge in [0, 0.05) is 24.7 Å². The third kappa shape index (κ3) is 3.25. The van der Waals surface area contributed by atoms with Crippen LogP contribution in [-0.2, 0) is 11.8 Å². The highest BCUT2D eigenvalue weighted by molar-refractivity contribution is 6.30. The Morgan fingerprint density at radius 2 is 2.30 bits per heavy atom. The number of anilines is 1. The number of rotatable bonds is 4. The molecule has 0 bridgehead atoms. The van der Waals surface area contributed by atoms with Crippen molar-refractivity contribution in [3.05, 3.63) is 28.2 Å². The Bertz CT molecular complexity index is 724. The minimum Gasteiger partial charge on any atom is -0.360 e. The summed E-state index contributed by atoms with van der Waals surface area (Å²) in [6.45, 7) is 4.89. The average molecular weight is 338 g/mol. The maximum absolute atomic E-state index is 12.2. The minimum absolute atomic E-state index is 0.108. The van der Waals surface area contributed by atoms with Crippen molar-refractivity contribution in [1.29, 1.82) is 0 Å². The van der Waals surface area contributed by atoms with E-state index in [2.05, 4.69) is 20.5 Å². The van der Waals surface area contributed by atoms with Gasteiger partial charge in [-0.1, -0.05) is 16.8 Å². The zero-order chi connectivity index (χ0) is 16.6. The Kier molecular flexibility index (Phi) is 4.41. The van der Waals surface area contributed by atoms with Crippen LogP contribution >= 0.6 is 11.6 Å². The molecule has 7 nitrogen and oxygen atoms in total. The highest BCUT2D eigenvalue weighted by Crippen LogP contribution is 2.37. The quantitative estimate of drug-likeness (QED) is 0.927. The van der Waals surface area contributed by atoms with Crippen molar-refractivity contribution in [3.63, 3.8) is 0 Å². The molecule has 1 fully saturated rings. The number of halogens is 1. The summed E-state index contributed by atoms with van der Waals surface area (Å²) in [7, 11) is 1.83. The second kappa shape index (κ2) is 6.33. The number of nitrogens with one attached hydrogen (secondary N) is 1. The van der Waals surface area contributed by atoms with Crippen LogP contribution in [0, 0.1) is 13.8 Å². The van der Waals surface area contributed by atoms with E-state index >= 15 is 0 Å². The van der Waals surface area contributed by atoms with E-state index in [1.807, 2.05) is 14.0 Å². The first-order valence-corrected chi connectivity index (χ1v) is 7.99. The lowest BCUT2D eigenvalue weighted by Gasteiger charge is -2.23. The number of nitrogens with zero attached hydrogens (tertiary/aromatic N) is 4. The fourth-order valence-corrected chi connectivity index (χ4v) is 3.46. The summed E-state index contributed by atoms with van der Waals surface area (Å²) in [4.78, 5) is 14.4. The zero-order valence-corrected chi connectivity index (χ0v) is 14.2. The predicted molar refractivity (Wildman–Crippen MR) is 86.4 cm³/mol. The molecular weight excluding hydrogens is 318 g/mol. The standard InChI is InChI=1S/C15H20ClN5O2/c1-9-7-12(19-23-9)17-13(22)8-21-6-4-5-11(21)14-10(2)18-20(3)15(14)16/h7,11H,4-6,8H2,1-3H3,(H,17,19,22)/t11-/m1/s1. The molecule has 23 heavy (non-hydrogen) atoms. The second-order valence-electron chi connectivity index (χ2n) is 5.91. The molecule has 0 aliphatic carbocycles. The van der Waals surface area contributed by atoms with Gasteiger partial charge in [0.1, 0.15) is 10.9 Å². The van der Waals surface area contributed by atoms with E-state index in [-0.39, 0.29) is 11.9 Å². The molecule has 2 aromatic rings. The Morgan fingerprint density at radius 1 is 1.52 bits per heavy atom. The maximum atomic E-state index is 12.2. The molecular formula is C15H20ClN5O2. The molecule has 1 atom stereocenters. The number of carbonyl (C=O) groups is 1. The smallest absolute Gasteiger partial charge is 0.239 e. The van der Waals surface area contributed by atoms with Gasteiger partial charge in [0.15, 0.2) is 5.82 Å². The summed E-state index contributed by atoms with van der Waals surface area (Å²) in [5.41, 5.74) is 1.94. The van der Waals surface area contributed by atoms with Gasteiger partial charge >= 0.3 is 0 Å². The van der Waals surface area contributed by atoms with Gasteiger partial charge in [-0.2, -0.15) is 5.10 Å². The Morgan fingerprint density at radius 3 is 2.91 bits per heavy atom. The Labute approximate surface area is 139 Å². The van der Waals surface area contributed by atoms with Crippen molar-refractivity contribution in [2.45, 2.75) is 32.7 Å². The van der Waals surface area contributed by atoms with Gasteiger partial charge in [-0.25, -0.2) is 0 Å². The summed E-state index contributed by atoms with van der Waals surface area (Å²) >= 11 is 6.38. The van der Waals surface area contributed by atoms with E-state index in [1.165, 1.54) is 0 Å². The van der Waals surface area contributed by atoms with E-state index in [1.54, 1.807) is 17.7 Å². The van der Waals surface area contributed by atoms with E-state index in [9.17, 15) is 4.79 Å². The fraction of sp³-hybridized carbons (Fsp3) is 0.533. The van der Waals surface area contributed by atoms with Crippen LogP contribution in [0.1, 0.15) is 35.9 Å². The SMILES string of the molecule is Cc1cc(NC(=O)CN2CCC[C@@H]2c2c(C)nn(C)c2Cl)no1. The number of aryl methyl sites for hydroxylation is 3. The van der Waals surface area contributed by atoms with Gasteiger partial charge in [-0.15, -0.1) is 0 Å². The van der Waals surface area contributed by atoms with Gasteiger partial charge in [0.05, 0.1) is 12.2 Å². The van der Waals surface area contributed by atoms with Crippen LogP contribution in [0.4, 0.5) is 5.82 Å². The van der Waals surface area contributed by atoms with Gasteiger partial charge in [0.2, 0.25) is 5.91 Å². The van der Waals surface area contributed by atoms with E-state index in [0.717, 1.165) is 30.6 Å². The highest BCUT2D eigenvalue weighted by atomic mass is 35.5. The van der Waals surface area contributed by atoms with Crippen LogP contribution in [0.5, 0.6) is 0 Å². The van der Waals surface area contributed by atoms with Crippen molar-refractivity contribution in [2.75, 3.05) is 18.4 Å². The number of hydrogen-bond acceptors (Lipinski definition) is 5. The van der Waals surface area contributed by atoms with Crippen molar-refractivity contribution in [1.82, 2.24) is 19.8 Å². The molecule has 8 heteroatoms. The maximum Gasteiger partial charge on any atom is 0.239 e. The summed E-state index contributed by atoms with van der Waals surface area (Å²) in [6.07, 6.45) is 2.01. The third-order valence-electron chi connectivity index (χ3n) is 4.14. The lowest BCUT2D eigenvalue weighted by Crippen LogP contribution is -2.33. The highest BCUT2D eigenvalue weighted by Gasteiger charge is 2.32. The third-order valence-corrected chi connectivity index (χ3v) is 4.58. The molecule has 2 aromatic heterocycles. The first kappa shape index (κ1) is 16.0. The monoisotopic (exact) mass is 337 g/mol. The molecule has 1 amide bonds. The van der Waals surface area contributed by atoms with Crippen LogP contribution in [0.2, 0.25) is 5.15 Å². The Hall–Kier alpha value is -1.86. The van der Waals surface area contributed by atoms with Crippen LogP contribution in [-0.4, -0.2) is 38.8 Å². The molecule has 1 saturated heterocycles. The summed E-state index contributed by atoms with van der Waals surface area (Å²) in [5, 5.41) is 11.6. The molecule has 1 aliphatic rings. The van der Waals surface area contributed by atoms with E-state index < -0.39 is 0 Å². The van der Waals surface area contributed by atoms with E-state index in [4.69, 9.17) is 16.1 Å². The topological polar surface area (TPSA) is 76.2 Å². The summed E-state index contributed by atoms with van der Waals surface area (Å²) in [5.74, 6) is 0.999. The number of amides is 1. The second-order valence-corrected chi connectivity index (χ2v) is 6.27. The molecule has 0 aromatic carbocycles. The molecule has 1 aliphatic heterocycles. The molecule has 1 N–H and O–H groups in total. The van der Waals surface area contributed by atoms with Gasteiger partial charge in [0.25, 0.3) is 0 Å². The molecule has 0 radical (unpaired) electrons. The number of hydrogen-bond donors (Lipinski definition) is 1. The van der Waals surface area contributed by atoms with Crippen molar-refractivity contribution in [2.24, 2.45) is 7.05 Å².